The molecule has 3 aromatic heterocycles. The third-order valence-corrected chi connectivity index (χ3v) is 6.34. The minimum absolute atomic E-state index is 0.311. The second-order valence-corrected chi connectivity index (χ2v) is 8.07. The molecule has 3 aromatic rings. The number of nitrogens with one attached hydrogen (secondary N) is 1. The van der Waals surface area contributed by atoms with Crippen LogP contribution in [0.25, 0.3) is 22.3 Å². The van der Waals surface area contributed by atoms with Gasteiger partial charge < -0.3 is 4.98 Å². The number of aromatic nitrogens is 5. The lowest BCUT2D eigenvalue weighted by Crippen LogP contribution is -2.66. The SMILES string of the molecule is N#CCC1(n2cc(-c3ncnc4[nH]ccc34)cn2)CN(C2CCN(CF)CC2)C1. The molecule has 150 valence electrons. The molecule has 0 bridgehead atoms. The van der Waals surface area contributed by atoms with Crippen LogP contribution in [0.15, 0.2) is 31.0 Å². The molecule has 8 nitrogen and oxygen atoms in total. The number of H-pyrrole nitrogens is 1. The van der Waals surface area contributed by atoms with Crippen LogP contribution in [-0.4, -0.2) is 73.6 Å². The Balaban J connectivity index is 1.36. The van der Waals surface area contributed by atoms with Crippen molar-refractivity contribution >= 4 is 11.0 Å². The predicted octanol–water partition coefficient (Wildman–Crippen LogP) is 2.14. The highest BCUT2D eigenvalue weighted by Gasteiger charge is 2.48. The molecule has 5 heterocycles. The second kappa shape index (κ2) is 7.21. The third-order valence-electron chi connectivity index (χ3n) is 6.34. The molecule has 0 aromatic carbocycles. The van der Waals surface area contributed by atoms with E-state index in [-0.39, 0.29) is 12.3 Å². The van der Waals surface area contributed by atoms with Crippen LogP contribution >= 0.6 is 0 Å². The van der Waals surface area contributed by atoms with E-state index in [9.17, 15) is 9.65 Å². The molecule has 9 heteroatoms. The highest BCUT2D eigenvalue weighted by Crippen LogP contribution is 2.37. The van der Waals surface area contributed by atoms with Crippen molar-refractivity contribution < 1.29 is 4.39 Å². The number of likely N-dealkylation sites (tertiary alicyclic amines) is 2. The van der Waals surface area contributed by atoms with Crippen LogP contribution < -0.4 is 0 Å². The minimum Gasteiger partial charge on any atom is -0.346 e. The van der Waals surface area contributed by atoms with Gasteiger partial charge in [-0.15, -0.1) is 0 Å². The van der Waals surface area contributed by atoms with E-state index < -0.39 is 0 Å². The summed E-state index contributed by atoms with van der Waals surface area (Å²) in [6.07, 6.45) is 9.57. The van der Waals surface area contributed by atoms with E-state index in [1.807, 2.05) is 34.2 Å². The lowest BCUT2D eigenvalue weighted by atomic mass is 9.84. The van der Waals surface area contributed by atoms with E-state index in [1.165, 1.54) is 0 Å². The van der Waals surface area contributed by atoms with Gasteiger partial charge in [0.2, 0.25) is 0 Å². The number of fused-ring (bicyclic) bond motifs is 1. The Labute approximate surface area is 168 Å². The third kappa shape index (κ3) is 3.09. The standard InChI is InChI=1S/C20H23FN8/c21-13-27-7-2-16(3-8-27)28-11-20(12-28,4-5-22)29-10-15(9-26-29)18-17-1-6-23-19(17)25-14-24-18/h1,6,9-10,14,16H,2-4,7-8,11-13H2,(H,23,24,25). The van der Waals surface area contributed by atoms with Crippen molar-refractivity contribution in [1.82, 2.24) is 34.5 Å². The fraction of sp³-hybridized carbons (Fsp3) is 0.500. The summed E-state index contributed by atoms with van der Waals surface area (Å²) in [6, 6.07) is 4.77. The maximum Gasteiger partial charge on any atom is 0.143 e. The Bertz CT molecular complexity index is 1040. The molecule has 0 unspecified atom stereocenters. The average Bonchev–Trinajstić information content (AvgIpc) is 3.40. The van der Waals surface area contributed by atoms with Gasteiger partial charge in [-0.1, -0.05) is 0 Å². The van der Waals surface area contributed by atoms with E-state index in [0.29, 0.717) is 12.5 Å². The van der Waals surface area contributed by atoms with Crippen LogP contribution in [0, 0.1) is 11.3 Å². The van der Waals surface area contributed by atoms with E-state index in [2.05, 4.69) is 31.0 Å². The summed E-state index contributed by atoms with van der Waals surface area (Å²) in [5, 5.41) is 15.0. The van der Waals surface area contributed by atoms with E-state index in [1.54, 1.807) is 6.33 Å². The number of hydrogen-bond donors (Lipinski definition) is 1. The Morgan fingerprint density at radius 3 is 2.86 bits per heavy atom. The van der Waals surface area contributed by atoms with E-state index in [0.717, 1.165) is 61.3 Å². The van der Waals surface area contributed by atoms with Crippen molar-refractivity contribution in [3.8, 4) is 17.3 Å². The molecule has 0 amide bonds. The average molecular weight is 394 g/mol. The first-order chi connectivity index (χ1) is 14.2. The van der Waals surface area contributed by atoms with E-state index in [4.69, 9.17) is 0 Å². The van der Waals surface area contributed by atoms with Crippen molar-refractivity contribution in [2.45, 2.75) is 30.8 Å². The Kier molecular flexibility index (Phi) is 4.53. The Hall–Kier alpha value is -2.83. The summed E-state index contributed by atoms with van der Waals surface area (Å²) in [4.78, 5) is 16.1. The lowest BCUT2D eigenvalue weighted by molar-refractivity contribution is -0.0457. The predicted molar refractivity (Wildman–Crippen MR) is 105 cm³/mol. The maximum absolute atomic E-state index is 12.8. The molecule has 2 aliphatic heterocycles. The summed E-state index contributed by atoms with van der Waals surface area (Å²) >= 11 is 0. The molecule has 5 rings (SSSR count). The second-order valence-electron chi connectivity index (χ2n) is 8.07. The molecule has 2 aliphatic rings. The smallest absolute Gasteiger partial charge is 0.143 e. The van der Waals surface area contributed by atoms with Crippen molar-refractivity contribution in [1.29, 1.82) is 5.26 Å². The first-order valence-corrected chi connectivity index (χ1v) is 9.95. The fourth-order valence-corrected chi connectivity index (χ4v) is 4.66. The highest BCUT2D eigenvalue weighted by molar-refractivity contribution is 5.89. The van der Waals surface area contributed by atoms with Gasteiger partial charge in [0.15, 0.2) is 0 Å². The van der Waals surface area contributed by atoms with Gasteiger partial charge in [0, 0.05) is 55.6 Å². The molecule has 29 heavy (non-hydrogen) atoms. The number of aromatic amines is 1. The van der Waals surface area contributed by atoms with Crippen LogP contribution in [0.3, 0.4) is 0 Å². The van der Waals surface area contributed by atoms with Crippen LogP contribution in [0.1, 0.15) is 19.3 Å². The number of nitriles is 1. The number of alkyl halides is 1. The molecule has 0 atom stereocenters. The van der Waals surface area contributed by atoms with Gasteiger partial charge in [-0.05, 0) is 18.9 Å². The van der Waals surface area contributed by atoms with Crippen LogP contribution in [0.4, 0.5) is 4.39 Å². The van der Waals surface area contributed by atoms with Crippen molar-refractivity contribution in [3.63, 3.8) is 0 Å². The summed E-state index contributed by atoms with van der Waals surface area (Å²) in [6.45, 7) is 2.83. The largest absolute Gasteiger partial charge is 0.346 e. The Morgan fingerprint density at radius 1 is 1.28 bits per heavy atom. The normalized spacial score (nSPS) is 20.6. The van der Waals surface area contributed by atoms with Gasteiger partial charge >= 0.3 is 0 Å². The minimum atomic E-state index is -0.362. The monoisotopic (exact) mass is 394 g/mol. The van der Waals surface area contributed by atoms with Crippen LogP contribution in [0.5, 0.6) is 0 Å². The molecule has 1 N–H and O–H groups in total. The number of rotatable bonds is 5. The molecule has 0 saturated carbocycles. The number of nitrogens with zero attached hydrogens (tertiary/aromatic N) is 7. The fourth-order valence-electron chi connectivity index (χ4n) is 4.66. The van der Waals surface area contributed by atoms with Gasteiger partial charge in [0.05, 0.1) is 24.4 Å². The van der Waals surface area contributed by atoms with Gasteiger partial charge in [0.1, 0.15) is 24.3 Å². The molecule has 2 saturated heterocycles. The quantitative estimate of drug-likeness (QED) is 0.667. The molecule has 0 aliphatic carbocycles. The van der Waals surface area contributed by atoms with Crippen molar-refractivity contribution in [2.75, 3.05) is 33.0 Å². The molecule has 0 radical (unpaired) electrons. The summed E-state index contributed by atoms with van der Waals surface area (Å²) in [5.41, 5.74) is 2.24. The van der Waals surface area contributed by atoms with Crippen molar-refractivity contribution in [2.24, 2.45) is 0 Å². The highest BCUT2D eigenvalue weighted by atomic mass is 19.1. The van der Waals surface area contributed by atoms with Gasteiger partial charge in [-0.25, -0.2) is 14.4 Å². The van der Waals surface area contributed by atoms with Gasteiger partial charge in [0.25, 0.3) is 0 Å². The maximum atomic E-state index is 12.8. The first-order valence-electron chi connectivity index (χ1n) is 9.95. The summed E-state index contributed by atoms with van der Waals surface area (Å²) in [7, 11) is 0. The zero-order chi connectivity index (χ0) is 19.8. The molecule has 2 fully saturated rings. The van der Waals surface area contributed by atoms with Gasteiger partial charge in [-0.2, -0.15) is 10.4 Å². The number of hydrogen-bond acceptors (Lipinski definition) is 6. The van der Waals surface area contributed by atoms with Crippen molar-refractivity contribution in [3.05, 3.63) is 31.0 Å². The number of halogens is 1. The topological polar surface area (TPSA) is 89.7 Å². The van der Waals surface area contributed by atoms with Crippen LogP contribution in [-0.2, 0) is 5.54 Å². The van der Waals surface area contributed by atoms with Crippen LogP contribution in [0.2, 0.25) is 0 Å². The summed E-state index contributed by atoms with van der Waals surface area (Å²) in [5.74, 6) is 0. The zero-order valence-corrected chi connectivity index (χ0v) is 16.1. The molecular weight excluding hydrogens is 371 g/mol. The first kappa shape index (κ1) is 18.2. The lowest BCUT2D eigenvalue weighted by Gasteiger charge is -2.53. The number of piperidine rings is 1. The molecular formula is C20H23FN8. The summed E-state index contributed by atoms with van der Waals surface area (Å²) < 4.78 is 14.8. The molecule has 0 spiro atoms. The van der Waals surface area contributed by atoms with E-state index >= 15 is 0 Å². The Morgan fingerprint density at radius 2 is 2.10 bits per heavy atom. The van der Waals surface area contributed by atoms with Gasteiger partial charge in [-0.3, -0.25) is 14.5 Å². The zero-order valence-electron chi connectivity index (χ0n) is 16.1.